The maximum absolute atomic E-state index is 11.0. The Morgan fingerprint density at radius 1 is 1.33 bits per heavy atom. The summed E-state index contributed by atoms with van der Waals surface area (Å²) in [7, 11) is 0. The fraction of sp³-hybridized carbons (Fsp3) is 0.867. The number of rotatable bonds is 4. The molecule has 124 valence electrons. The summed E-state index contributed by atoms with van der Waals surface area (Å²) < 4.78 is 4.95. The van der Waals surface area contributed by atoms with E-state index in [-0.39, 0.29) is 6.42 Å². The molecule has 0 unspecified atom stereocenters. The first-order valence-electron chi connectivity index (χ1n) is 7.54. The molecule has 0 bridgehead atoms. The second kappa shape index (κ2) is 9.60. The van der Waals surface area contributed by atoms with Gasteiger partial charge in [0, 0.05) is 19.0 Å². The number of alkyl carbamates (subject to hydrolysis) is 1. The van der Waals surface area contributed by atoms with E-state index >= 15 is 0 Å². The second-order valence-corrected chi connectivity index (χ2v) is 6.60. The summed E-state index contributed by atoms with van der Waals surface area (Å²) in [6.45, 7) is 7.89. The maximum atomic E-state index is 11.0. The van der Waals surface area contributed by atoms with E-state index in [4.69, 9.17) is 15.6 Å². The Morgan fingerprint density at radius 3 is 2.29 bits per heavy atom. The molecule has 4 N–H and O–H groups in total. The van der Waals surface area contributed by atoms with Crippen molar-refractivity contribution in [3.63, 3.8) is 0 Å². The minimum atomic E-state index is -0.865. The zero-order valence-electron chi connectivity index (χ0n) is 13.6. The lowest BCUT2D eigenvalue weighted by Gasteiger charge is -2.19. The van der Waals surface area contributed by atoms with Gasteiger partial charge in [0.15, 0.2) is 0 Å². The quantitative estimate of drug-likeness (QED) is 0.693. The number of amides is 1. The predicted octanol–water partition coefficient (Wildman–Crippen LogP) is 2.51. The van der Waals surface area contributed by atoms with Gasteiger partial charge in [-0.15, -0.1) is 0 Å². The topological polar surface area (TPSA) is 102 Å². The first-order chi connectivity index (χ1) is 9.60. The van der Waals surface area contributed by atoms with Gasteiger partial charge in [-0.3, -0.25) is 4.79 Å². The number of carbonyl (C=O) groups is 2. The van der Waals surface area contributed by atoms with Crippen LogP contribution in [0.4, 0.5) is 4.79 Å². The molecule has 0 aromatic carbocycles. The molecule has 6 nitrogen and oxygen atoms in total. The molecule has 2 atom stereocenters. The van der Waals surface area contributed by atoms with Crippen LogP contribution in [0.5, 0.6) is 0 Å². The van der Waals surface area contributed by atoms with Crippen molar-refractivity contribution in [3.05, 3.63) is 0 Å². The van der Waals surface area contributed by atoms with Crippen LogP contribution in [0.2, 0.25) is 0 Å². The van der Waals surface area contributed by atoms with Crippen molar-refractivity contribution in [2.45, 2.75) is 71.4 Å². The van der Waals surface area contributed by atoms with Crippen molar-refractivity contribution in [1.82, 2.24) is 5.32 Å². The molecule has 6 heteroatoms. The summed E-state index contributed by atoms with van der Waals surface area (Å²) in [4.78, 5) is 21.2. The molecule has 0 aromatic rings. The molecule has 0 heterocycles. The third-order valence-electron chi connectivity index (χ3n) is 2.97. The number of carboxylic acid groups (broad SMARTS) is 1. The largest absolute Gasteiger partial charge is 0.481 e. The van der Waals surface area contributed by atoms with Gasteiger partial charge in [0.25, 0.3) is 0 Å². The molecular weight excluding hydrogens is 272 g/mol. The highest BCUT2D eigenvalue weighted by Crippen LogP contribution is 2.22. The van der Waals surface area contributed by atoms with Gasteiger partial charge < -0.3 is 20.9 Å². The fourth-order valence-electron chi connectivity index (χ4n) is 2.00. The number of carboxylic acids is 1. The van der Waals surface area contributed by atoms with Crippen molar-refractivity contribution >= 4 is 12.1 Å². The SMILES string of the molecule is CC(C)(C)OC(=O)NCCCC(=O)O.C[C@H]1CC[C@@H](N)C1. The normalized spacial score (nSPS) is 21.2. The lowest BCUT2D eigenvalue weighted by atomic mass is 10.1. The third kappa shape index (κ3) is 13.4. The van der Waals surface area contributed by atoms with Crippen molar-refractivity contribution in [1.29, 1.82) is 0 Å². The van der Waals surface area contributed by atoms with E-state index < -0.39 is 17.7 Å². The van der Waals surface area contributed by atoms with Crippen molar-refractivity contribution in [2.75, 3.05) is 6.54 Å². The number of hydrogen-bond donors (Lipinski definition) is 3. The van der Waals surface area contributed by atoms with Gasteiger partial charge in [-0.2, -0.15) is 0 Å². The van der Waals surface area contributed by atoms with Gasteiger partial charge in [-0.25, -0.2) is 4.79 Å². The van der Waals surface area contributed by atoms with E-state index in [1.165, 1.54) is 19.3 Å². The molecule has 1 aliphatic carbocycles. The van der Waals surface area contributed by atoms with Crippen LogP contribution >= 0.6 is 0 Å². The van der Waals surface area contributed by atoms with Gasteiger partial charge in [0.1, 0.15) is 5.60 Å². The third-order valence-corrected chi connectivity index (χ3v) is 2.97. The van der Waals surface area contributed by atoms with E-state index in [1.54, 1.807) is 20.8 Å². The molecule has 21 heavy (non-hydrogen) atoms. The number of carbonyl (C=O) groups excluding carboxylic acids is 1. The second-order valence-electron chi connectivity index (χ2n) is 6.60. The van der Waals surface area contributed by atoms with Gasteiger partial charge >= 0.3 is 12.1 Å². The van der Waals surface area contributed by atoms with E-state index in [9.17, 15) is 9.59 Å². The lowest BCUT2D eigenvalue weighted by molar-refractivity contribution is -0.137. The molecular formula is C15H30N2O4. The molecule has 1 amide bonds. The average Bonchev–Trinajstić information content (AvgIpc) is 2.67. The van der Waals surface area contributed by atoms with Gasteiger partial charge in [-0.05, 0) is 52.4 Å². The summed E-state index contributed by atoms with van der Waals surface area (Å²) in [5.41, 5.74) is 5.11. The van der Waals surface area contributed by atoms with Crippen LogP contribution in [0.15, 0.2) is 0 Å². The van der Waals surface area contributed by atoms with E-state index in [0.717, 1.165) is 5.92 Å². The summed E-state index contributed by atoms with van der Waals surface area (Å²) in [5.74, 6) is 0.0333. The standard InChI is InChI=1S/C9H17NO4.C6H13N/c1-9(2,3)14-8(13)10-6-4-5-7(11)12;1-5-2-3-6(7)4-5/h4-6H2,1-3H3,(H,10,13)(H,11,12);5-6H,2-4,7H2,1H3/t;5-,6+/m.0/s1. The van der Waals surface area contributed by atoms with E-state index in [1.807, 2.05) is 0 Å². The zero-order chi connectivity index (χ0) is 16.5. The minimum absolute atomic E-state index is 0.0514. The molecule has 0 spiro atoms. The van der Waals surface area contributed by atoms with Crippen molar-refractivity contribution in [2.24, 2.45) is 11.7 Å². The predicted molar refractivity (Wildman–Crippen MR) is 82.1 cm³/mol. The Morgan fingerprint density at radius 2 is 1.95 bits per heavy atom. The average molecular weight is 302 g/mol. The van der Waals surface area contributed by atoms with Crippen LogP contribution in [-0.4, -0.2) is 35.4 Å². The van der Waals surface area contributed by atoms with E-state index in [0.29, 0.717) is 19.0 Å². The van der Waals surface area contributed by atoms with E-state index in [2.05, 4.69) is 12.2 Å². The number of nitrogens with two attached hydrogens (primary N) is 1. The highest BCUT2D eigenvalue weighted by molar-refractivity contribution is 5.68. The Balaban J connectivity index is 0.000000471. The Kier molecular flexibility index (Phi) is 9.01. The molecule has 0 saturated heterocycles. The van der Waals surface area contributed by atoms with Gasteiger partial charge in [-0.1, -0.05) is 6.92 Å². The lowest BCUT2D eigenvalue weighted by Crippen LogP contribution is -2.33. The highest BCUT2D eigenvalue weighted by atomic mass is 16.6. The van der Waals surface area contributed by atoms with Crippen molar-refractivity contribution < 1.29 is 19.4 Å². The molecule has 0 aromatic heterocycles. The smallest absolute Gasteiger partial charge is 0.407 e. The monoisotopic (exact) mass is 302 g/mol. The Labute approximate surface area is 127 Å². The number of aliphatic carboxylic acids is 1. The maximum Gasteiger partial charge on any atom is 0.407 e. The molecule has 1 rings (SSSR count). The van der Waals surface area contributed by atoms with Crippen LogP contribution in [0.1, 0.15) is 59.8 Å². The number of hydrogen-bond acceptors (Lipinski definition) is 4. The molecule has 1 saturated carbocycles. The number of ether oxygens (including phenoxy) is 1. The van der Waals surface area contributed by atoms with Crippen LogP contribution < -0.4 is 11.1 Å². The summed E-state index contributed by atoms with van der Waals surface area (Å²) in [5, 5.41) is 10.8. The summed E-state index contributed by atoms with van der Waals surface area (Å²) in [6.07, 6.45) is 3.80. The van der Waals surface area contributed by atoms with Gasteiger partial charge in [0.2, 0.25) is 0 Å². The Bertz CT molecular complexity index is 318. The molecule has 0 radical (unpaired) electrons. The number of nitrogens with one attached hydrogen (secondary N) is 1. The first kappa shape index (κ1) is 19.7. The van der Waals surface area contributed by atoms with Crippen LogP contribution in [-0.2, 0) is 9.53 Å². The Hall–Kier alpha value is -1.30. The van der Waals surface area contributed by atoms with Crippen LogP contribution in [0, 0.1) is 5.92 Å². The van der Waals surface area contributed by atoms with Crippen LogP contribution in [0.25, 0.3) is 0 Å². The fourth-order valence-corrected chi connectivity index (χ4v) is 2.00. The van der Waals surface area contributed by atoms with Gasteiger partial charge in [0.05, 0.1) is 0 Å². The zero-order valence-corrected chi connectivity index (χ0v) is 13.6. The van der Waals surface area contributed by atoms with Crippen LogP contribution in [0.3, 0.4) is 0 Å². The van der Waals surface area contributed by atoms with Crippen molar-refractivity contribution in [3.8, 4) is 0 Å². The molecule has 1 aliphatic rings. The molecule has 1 fully saturated rings. The molecule has 0 aliphatic heterocycles. The first-order valence-corrected chi connectivity index (χ1v) is 7.54. The summed E-state index contributed by atoms with van der Waals surface area (Å²) in [6, 6.07) is 0.523. The highest BCUT2D eigenvalue weighted by Gasteiger charge is 2.16. The summed E-state index contributed by atoms with van der Waals surface area (Å²) >= 11 is 0. The minimum Gasteiger partial charge on any atom is -0.481 e.